The van der Waals surface area contributed by atoms with Crippen molar-refractivity contribution in [3.05, 3.63) is 56.2 Å². The van der Waals surface area contributed by atoms with E-state index in [2.05, 4.69) is 27.9 Å². The molecule has 29 heavy (non-hydrogen) atoms. The van der Waals surface area contributed by atoms with E-state index >= 15 is 0 Å². The molecule has 2 rings (SSSR count). The Morgan fingerprint density at radius 2 is 1.97 bits per heavy atom. The van der Waals surface area contributed by atoms with Gasteiger partial charge >= 0.3 is 0 Å². The minimum atomic E-state index is -0.453. The molecule has 2 aromatic carbocycles. The molecule has 5 nitrogen and oxygen atoms in total. The number of carbonyl (C=O) groups is 1. The van der Waals surface area contributed by atoms with Gasteiger partial charge in [-0.2, -0.15) is 5.26 Å². The molecule has 1 N–H and O–H groups in total. The first-order valence-electron chi connectivity index (χ1n) is 9.38. The smallest absolute Gasteiger partial charge is 0.266 e. The highest BCUT2D eigenvalue weighted by molar-refractivity contribution is 14.1. The summed E-state index contributed by atoms with van der Waals surface area (Å²) in [6, 6.07) is 11.3. The Morgan fingerprint density at radius 3 is 2.55 bits per heavy atom. The standard InChI is InChI=1S/C23H25IN2O3/c1-6-28-21-12-17(11-20(24)22(21)29-14(2)3)10-18(13-25)23(27)26-19-8-7-15(4)16(5)9-19/h7-12,14H,6H2,1-5H3,(H,26,27)/b18-10+. The van der Waals surface area contributed by atoms with Crippen LogP contribution in [-0.2, 0) is 4.79 Å². The largest absolute Gasteiger partial charge is 0.490 e. The summed E-state index contributed by atoms with van der Waals surface area (Å²) in [7, 11) is 0. The lowest BCUT2D eigenvalue weighted by atomic mass is 10.1. The van der Waals surface area contributed by atoms with Crippen molar-refractivity contribution in [2.75, 3.05) is 11.9 Å². The van der Waals surface area contributed by atoms with Gasteiger partial charge in [0.05, 0.1) is 16.3 Å². The second kappa shape index (κ2) is 10.3. The van der Waals surface area contributed by atoms with Gasteiger partial charge in [-0.1, -0.05) is 6.07 Å². The van der Waals surface area contributed by atoms with Gasteiger partial charge in [0.1, 0.15) is 11.6 Å². The van der Waals surface area contributed by atoms with E-state index in [1.807, 2.05) is 65.0 Å². The molecule has 0 bridgehead atoms. The summed E-state index contributed by atoms with van der Waals surface area (Å²) in [6.07, 6.45) is 1.56. The second-order valence-electron chi connectivity index (χ2n) is 6.85. The Balaban J connectivity index is 2.34. The Kier molecular flexibility index (Phi) is 8.09. The molecule has 0 aliphatic rings. The molecule has 0 fully saturated rings. The lowest BCUT2D eigenvalue weighted by Crippen LogP contribution is -2.13. The predicted octanol–water partition coefficient (Wildman–Crippen LogP) is 5.64. The van der Waals surface area contributed by atoms with E-state index < -0.39 is 5.91 Å². The predicted molar refractivity (Wildman–Crippen MR) is 124 cm³/mol. The van der Waals surface area contributed by atoms with Crippen LogP contribution in [0.3, 0.4) is 0 Å². The summed E-state index contributed by atoms with van der Waals surface area (Å²) < 4.78 is 12.4. The monoisotopic (exact) mass is 504 g/mol. The third kappa shape index (κ3) is 6.23. The third-order valence-corrected chi connectivity index (χ3v) is 4.93. The van der Waals surface area contributed by atoms with Crippen LogP contribution in [0.5, 0.6) is 11.5 Å². The number of amides is 1. The van der Waals surface area contributed by atoms with Crippen molar-refractivity contribution < 1.29 is 14.3 Å². The van der Waals surface area contributed by atoms with E-state index in [0.29, 0.717) is 29.4 Å². The SMILES string of the molecule is CCOc1cc(/C=C(\C#N)C(=O)Nc2ccc(C)c(C)c2)cc(I)c1OC(C)C. The topological polar surface area (TPSA) is 71.3 Å². The summed E-state index contributed by atoms with van der Waals surface area (Å²) in [5, 5.41) is 12.3. The summed E-state index contributed by atoms with van der Waals surface area (Å²) in [5.74, 6) is 0.801. The van der Waals surface area contributed by atoms with Gasteiger partial charge in [-0.25, -0.2) is 0 Å². The number of anilines is 1. The van der Waals surface area contributed by atoms with Crippen molar-refractivity contribution in [1.82, 2.24) is 0 Å². The minimum absolute atomic E-state index is 0.00234. The first-order chi connectivity index (χ1) is 13.7. The van der Waals surface area contributed by atoms with Crippen LogP contribution in [0.25, 0.3) is 6.08 Å². The summed E-state index contributed by atoms with van der Waals surface area (Å²) in [4.78, 5) is 12.6. The van der Waals surface area contributed by atoms with E-state index in [0.717, 1.165) is 14.7 Å². The Hall–Kier alpha value is -2.53. The van der Waals surface area contributed by atoms with Crippen LogP contribution in [0.1, 0.15) is 37.5 Å². The van der Waals surface area contributed by atoms with Crippen molar-refractivity contribution in [2.24, 2.45) is 0 Å². The number of halogens is 1. The number of aryl methyl sites for hydroxylation is 2. The Morgan fingerprint density at radius 1 is 1.24 bits per heavy atom. The molecule has 0 aromatic heterocycles. The van der Waals surface area contributed by atoms with E-state index in [9.17, 15) is 10.1 Å². The number of nitrogens with zero attached hydrogens (tertiary/aromatic N) is 1. The van der Waals surface area contributed by atoms with Gasteiger partial charge in [0, 0.05) is 5.69 Å². The molecule has 2 aromatic rings. The van der Waals surface area contributed by atoms with Gasteiger partial charge in [-0.15, -0.1) is 0 Å². The molecule has 0 saturated heterocycles. The highest BCUT2D eigenvalue weighted by Crippen LogP contribution is 2.35. The van der Waals surface area contributed by atoms with E-state index in [1.54, 1.807) is 12.1 Å². The van der Waals surface area contributed by atoms with Gasteiger partial charge in [0.25, 0.3) is 5.91 Å². The first kappa shape index (κ1) is 22.8. The molecular formula is C23H25IN2O3. The van der Waals surface area contributed by atoms with E-state index in [4.69, 9.17) is 9.47 Å². The minimum Gasteiger partial charge on any atom is -0.490 e. The normalized spacial score (nSPS) is 11.2. The van der Waals surface area contributed by atoms with Gasteiger partial charge in [-0.3, -0.25) is 4.79 Å². The number of hydrogen-bond acceptors (Lipinski definition) is 4. The van der Waals surface area contributed by atoms with Gasteiger partial charge in [0.2, 0.25) is 0 Å². The summed E-state index contributed by atoms with van der Waals surface area (Å²) >= 11 is 2.17. The number of carbonyl (C=O) groups excluding carboxylic acids is 1. The van der Waals surface area contributed by atoms with Crippen molar-refractivity contribution >= 4 is 40.3 Å². The van der Waals surface area contributed by atoms with E-state index in [1.165, 1.54) is 0 Å². The fourth-order valence-corrected chi connectivity index (χ4v) is 3.37. The molecule has 0 unspecified atom stereocenters. The van der Waals surface area contributed by atoms with Gasteiger partial charge in [0.15, 0.2) is 11.5 Å². The second-order valence-corrected chi connectivity index (χ2v) is 8.01. The average molecular weight is 504 g/mol. The number of hydrogen-bond donors (Lipinski definition) is 1. The van der Waals surface area contributed by atoms with Crippen molar-refractivity contribution in [3.63, 3.8) is 0 Å². The molecule has 0 saturated carbocycles. The molecule has 0 aliphatic heterocycles. The van der Waals surface area contributed by atoms with Gasteiger partial charge < -0.3 is 14.8 Å². The van der Waals surface area contributed by atoms with Crippen LogP contribution in [-0.4, -0.2) is 18.6 Å². The zero-order valence-electron chi connectivity index (χ0n) is 17.3. The zero-order chi connectivity index (χ0) is 21.6. The molecule has 0 aliphatic carbocycles. The molecule has 0 spiro atoms. The van der Waals surface area contributed by atoms with Crippen LogP contribution >= 0.6 is 22.6 Å². The number of benzene rings is 2. The maximum atomic E-state index is 12.6. The molecule has 0 radical (unpaired) electrons. The highest BCUT2D eigenvalue weighted by Gasteiger charge is 2.15. The fraction of sp³-hybridized carbons (Fsp3) is 0.304. The summed E-state index contributed by atoms with van der Waals surface area (Å²) in [5.41, 5.74) is 3.58. The molecule has 152 valence electrons. The van der Waals surface area contributed by atoms with Crippen molar-refractivity contribution in [2.45, 2.75) is 40.7 Å². The molecule has 0 heterocycles. The van der Waals surface area contributed by atoms with Crippen molar-refractivity contribution in [1.29, 1.82) is 5.26 Å². The quantitative estimate of drug-likeness (QED) is 0.301. The third-order valence-electron chi connectivity index (χ3n) is 4.13. The van der Waals surface area contributed by atoms with Crippen LogP contribution in [0.4, 0.5) is 5.69 Å². The van der Waals surface area contributed by atoms with Crippen LogP contribution < -0.4 is 14.8 Å². The maximum Gasteiger partial charge on any atom is 0.266 e. The molecular weight excluding hydrogens is 479 g/mol. The van der Waals surface area contributed by atoms with Gasteiger partial charge in [-0.05, 0) is 104 Å². The van der Waals surface area contributed by atoms with E-state index in [-0.39, 0.29) is 11.7 Å². The average Bonchev–Trinajstić information content (AvgIpc) is 2.65. The number of nitrogens with one attached hydrogen (secondary N) is 1. The zero-order valence-corrected chi connectivity index (χ0v) is 19.5. The first-order valence-corrected chi connectivity index (χ1v) is 10.5. The molecule has 0 atom stereocenters. The fourth-order valence-electron chi connectivity index (χ4n) is 2.62. The summed E-state index contributed by atoms with van der Waals surface area (Å²) in [6.45, 7) is 10.3. The number of rotatable bonds is 7. The van der Waals surface area contributed by atoms with Crippen LogP contribution in [0, 0.1) is 28.7 Å². The lowest BCUT2D eigenvalue weighted by Gasteiger charge is -2.17. The Bertz CT molecular complexity index is 975. The maximum absolute atomic E-state index is 12.6. The van der Waals surface area contributed by atoms with Crippen molar-refractivity contribution in [3.8, 4) is 17.6 Å². The lowest BCUT2D eigenvalue weighted by molar-refractivity contribution is -0.112. The highest BCUT2D eigenvalue weighted by atomic mass is 127. The number of ether oxygens (including phenoxy) is 2. The van der Waals surface area contributed by atoms with Crippen LogP contribution in [0.15, 0.2) is 35.9 Å². The Labute approximate surface area is 185 Å². The molecule has 6 heteroatoms. The number of nitriles is 1. The van der Waals surface area contributed by atoms with Crippen LogP contribution in [0.2, 0.25) is 0 Å². The molecule has 1 amide bonds.